The van der Waals surface area contributed by atoms with Crippen molar-refractivity contribution in [3.63, 3.8) is 0 Å². The average Bonchev–Trinajstić information content (AvgIpc) is 2.48. The molecule has 0 spiro atoms. The number of piperazine rings is 1. The number of hydrogen-bond donors (Lipinski definition) is 1. The number of aromatic nitrogens is 2. The Kier molecular flexibility index (Phi) is 3.42. The highest BCUT2D eigenvalue weighted by Gasteiger charge is 2.17. The number of aryl methyl sites for hydroxylation is 1. The Hall–Kier alpha value is -1.94. The number of nitrogens with one attached hydrogen (secondary N) is 1. The molecule has 1 N–H and O–H groups in total. The maximum Gasteiger partial charge on any atom is 0.155 e. The number of anilines is 1. The lowest BCUT2D eigenvalue weighted by Crippen LogP contribution is -2.44. The van der Waals surface area contributed by atoms with Crippen molar-refractivity contribution < 1.29 is 0 Å². The number of rotatable bonds is 2. The minimum Gasteiger partial charge on any atom is -0.352 e. The molecule has 1 aliphatic rings. The molecule has 4 nitrogen and oxygen atoms in total. The van der Waals surface area contributed by atoms with Gasteiger partial charge in [0.25, 0.3) is 0 Å². The van der Waals surface area contributed by atoms with Crippen molar-refractivity contribution in [1.82, 2.24) is 15.3 Å². The van der Waals surface area contributed by atoms with Gasteiger partial charge in [0, 0.05) is 44.1 Å². The third-order valence-corrected chi connectivity index (χ3v) is 3.39. The van der Waals surface area contributed by atoms with Gasteiger partial charge in [-0.25, -0.2) is 4.98 Å². The van der Waals surface area contributed by atoms with Crippen LogP contribution in [0.25, 0.3) is 11.3 Å². The van der Waals surface area contributed by atoms with Gasteiger partial charge < -0.3 is 10.2 Å². The molecule has 2 aromatic rings. The molecule has 3 rings (SSSR count). The Bertz CT molecular complexity index is 562. The van der Waals surface area contributed by atoms with E-state index in [1.54, 1.807) is 12.4 Å². The normalized spacial score (nSPS) is 15.5. The van der Waals surface area contributed by atoms with Crippen molar-refractivity contribution >= 4 is 5.82 Å². The molecule has 1 fully saturated rings. The third kappa shape index (κ3) is 2.58. The van der Waals surface area contributed by atoms with E-state index < -0.39 is 0 Å². The van der Waals surface area contributed by atoms with Crippen molar-refractivity contribution in [2.24, 2.45) is 0 Å². The molecular weight excluding hydrogens is 236 g/mol. The molecule has 4 heteroatoms. The standard InChI is InChI=1S/C15H18N4/c1-12-3-2-4-13(11-12)14-15(18-6-5-17-14)19-9-7-16-8-10-19/h2-6,11,16H,7-10H2,1H3. The molecule has 0 saturated carbocycles. The van der Waals surface area contributed by atoms with Gasteiger partial charge in [0.2, 0.25) is 0 Å². The summed E-state index contributed by atoms with van der Waals surface area (Å²) in [6.07, 6.45) is 3.54. The zero-order valence-corrected chi connectivity index (χ0v) is 11.1. The van der Waals surface area contributed by atoms with Crippen molar-refractivity contribution in [3.05, 3.63) is 42.2 Å². The summed E-state index contributed by atoms with van der Waals surface area (Å²) in [7, 11) is 0. The van der Waals surface area contributed by atoms with Crippen LogP contribution in [0.1, 0.15) is 5.56 Å². The van der Waals surface area contributed by atoms with Crippen LogP contribution in [-0.4, -0.2) is 36.1 Å². The van der Waals surface area contributed by atoms with E-state index in [9.17, 15) is 0 Å². The summed E-state index contributed by atoms with van der Waals surface area (Å²) in [5.74, 6) is 0.995. The number of hydrogen-bond acceptors (Lipinski definition) is 4. The smallest absolute Gasteiger partial charge is 0.155 e. The highest BCUT2D eigenvalue weighted by Crippen LogP contribution is 2.27. The van der Waals surface area contributed by atoms with Gasteiger partial charge in [-0.05, 0) is 13.0 Å². The van der Waals surface area contributed by atoms with Crippen molar-refractivity contribution in [3.8, 4) is 11.3 Å². The first kappa shape index (κ1) is 12.1. The monoisotopic (exact) mass is 254 g/mol. The first-order valence-electron chi connectivity index (χ1n) is 6.68. The predicted octanol–water partition coefficient (Wildman–Crippen LogP) is 1.86. The zero-order chi connectivity index (χ0) is 13.1. The molecule has 0 aliphatic carbocycles. The van der Waals surface area contributed by atoms with E-state index >= 15 is 0 Å². The topological polar surface area (TPSA) is 41.1 Å². The van der Waals surface area contributed by atoms with Crippen molar-refractivity contribution in [2.45, 2.75) is 6.92 Å². The van der Waals surface area contributed by atoms with Crippen LogP contribution in [0.15, 0.2) is 36.7 Å². The lowest BCUT2D eigenvalue weighted by Gasteiger charge is -2.29. The van der Waals surface area contributed by atoms with E-state index in [2.05, 4.69) is 51.4 Å². The molecule has 0 bridgehead atoms. The second-order valence-electron chi connectivity index (χ2n) is 4.84. The SMILES string of the molecule is Cc1cccc(-c2nccnc2N2CCNCC2)c1. The van der Waals surface area contributed by atoms with Gasteiger partial charge in [0.1, 0.15) is 5.69 Å². The van der Waals surface area contributed by atoms with E-state index in [1.165, 1.54) is 5.56 Å². The van der Waals surface area contributed by atoms with Gasteiger partial charge in [-0.2, -0.15) is 0 Å². The van der Waals surface area contributed by atoms with Crippen LogP contribution in [0.3, 0.4) is 0 Å². The fraction of sp³-hybridized carbons (Fsp3) is 0.333. The molecule has 0 radical (unpaired) electrons. The first-order chi connectivity index (χ1) is 9.34. The maximum atomic E-state index is 4.54. The molecule has 1 aliphatic heterocycles. The van der Waals surface area contributed by atoms with Gasteiger partial charge in [-0.1, -0.05) is 23.8 Å². The van der Waals surface area contributed by atoms with E-state index in [4.69, 9.17) is 0 Å². The van der Waals surface area contributed by atoms with Crippen LogP contribution in [0.2, 0.25) is 0 Å². The first-order valence-corrected chi connectivity index (χ1v) is 6.68. The summed E-state index contributed by atoms with van der Waals surface area (Å²) in [6.45, 7) is 6.08. The van der Waals surface area contributed by atoms with E-state index in [0.29, 0.717) is 0 Å². The van der Waals surface area contributed by atoms with Crippen molar-refractivity contribution in [1.29, 1.82) is 0 Å². The number of nitrogens with zero attached hydrogens (tertiary/aromatic N) is 3. The van der Waals surface area contributed by atoms with Crippen LogP contribution in [0.5, 0.6) is 0 Å². The van der Waals surface area contributed by atoms with E-state index in [0.717, 1.165) is 43.3 Å². The molecule has 1 aromatic carbocycles. The van der Waals surface area contributed by atoms with Crippen LogP contribution in [0, 0.1) is 6.92 Å². The minimum atomic E-state index is 0.980. The summed E-state index contributed by atoms with van der Waals surface area (Å²) in [5, 5.41) is 3.36. The van der Waals surface area contributed by atoms with E-state index in [1.807, 2.05) is 0 Å². The molecule has 1 saturated heterocycles. The molecular formula is C15H18N4. The zero-order valence-electron chi connectivity index (χ0n) is 11.1. The van der Waals surface area contributed by atoms with Gasteiger partial charge in [0.15, 0.2) is 5.82 Å². The number of benzene rings is 1. The highest BCUT2D eigenvalue weighted by molar-refractivity contribution is 5.72. The molecule has 0 amide bonds. The quantitative estimate of drug-likeness (QED) is 0.888. The Labute approximate surface area is 113 Å². The predicted molar refractivity (Wildman–Crippen MR) is 77.3 cm³/mol. The van der Waals surface area contributed by atoms with Gasteiger partial charge >= 0.3 is 0 Å². The Morgan fingerprint density at radius 2 is 1.89 bits per heavy atom. The van der Waals surface area contributed by atoms with Gasteiger partial charge in [-0.3, -0.25) is 4.98 Å². The third-order valence-electron chi connectivity index (χ3n) is 3.39. The summed E-state index contributed by atoms with van der Waals surface area (Å²) >= 11 is 0. The Morgan fingerprint density at radius 1 is 1.11 bits per heavy atom. The summed E-state index contributed by atoms with van der Waals surface area (Å²) < 4.78 is 0. The molecule has 19 heavy (non-hydrogen) atoms. The minimum absolute atomic E-state index is 0.980. The average molecular weight is 254 g/mol. The molecule has 2 heterocycles. The van der Waals surface area contributed by atoms with Crippen molar-refractivity contribution in [2.75, 3.05) is 31.1 Å². The fourth-order valence-electron chi connectivity index (χ4n) is 2.43. The van der Waals surface area contributed by atoms with Crippen LogP contribution < -0.4 is 10.2 Å². The van der Waals surface area contributed by atoms with Crippen LogP contribution in [0.4, 0.5) is 5.82 Å². The van der Waals surface area contributed by atoms with E-state index in [-0.39, 0.29) is 0 Å². The second-order valence-corrected chi connectivity index (χ2v) is 4.84. The molecule has 0 atom stereocenters. The van der Waals surface area contributed by atoms with Crippen LogP contribution >= 0.6 is 0 Å². The van der Waals surface area contributed by atoms with Gasteiger partial charge in [-0.15, -0.1) is 0 Å². The Morgan fingerprint density at radius 3 is 2.68 bits per heavy atom. The molecule has 98 valence electrons. The van der Waals surface area contributed by atoms with Crippen LogP contribution in [-0.2, 0) is 0 Å². The summed E-state index contributed by atoms with van der Waals surface area (Å²) in [5.41, 5.74) is 3.36. The Balaban J connectivity index is 2.01. The lowest BCUT2D eigenvalue weighted by atomic mass is 10.1. The summed E-state index contributed by atoms with van der Waals surface area (Å²) in [6, 6.07) is 8.43. The molecule has 1 aromatic heterocycles. The largest absolute Gasteiger partial charge is 0.352 e. The van der Waals surface area contributed by atoms with Gasteiger partial charge in [0.05, 0.1) is 0 Å². The fourth-order valence-corrected chi connectivity index (χ4v) is 2.43. The lowest BCUT2D eigenvalue weighted by molar-refractivity contribution is 0.585. The highest BCUT2D eigenvalue weighted by atomic mass is 15.2. The molecule has 0 unspecified atom stereocenters. The maximum absolute atomic E-state index is 4.54. The summed E-state index contributed by atoms with van der Waals surface area (Å²) in [4.78, 5) is 11.4. The second kappa shape index (κ2) is 5.36.